The molecule has 2 unspecified atom stereocenters. The van der Waals surface area contributed by atoms with Gasteiger partial charge in [0.25, 0.3) is 0 Å². The van der Waals surface area contributed by atoms with Gasteiger partial charge in [-0.1, -0.05) is 26.2 Å². The standard InChI is InChI=1S/C17H23N3/c1-12-6-3-2-4-8-15(12)20-16-10-9-14(18)13-7-5-11-19-17(13)16/h5,7,9-12,15,20H,2-4,6,8,18H2,1H3. The molecule has 3 N–H and O–H groups in total. The summed E-state index contributed by atoms with van der Waals surface area (Å²) in [5, 5.41) is 4.76. The van der Waals surface area contributed by atoms with Crippen LogP contribution in [0.25, 0.3) is 10.9 Å². The summed E-state index contributed by atoms with van der Waals surface area (Å²) in [6, 6.07) is 8.58. The molecule has 2 atom stereocenters. The summed E-state index contributed by atoms with van der Waals surface area (Å²) in [6.07, 6.45) is 8.45. The van der Waals surface area contributed by atoms with Crippen LogP contribution >= 0.6 is 0 Å². The van der Waals surface area contributed by atoms with E-state index in [0.717, 1.165) is 22.3 Å². The Hall–Kier alpha value is -1.77. The van der Waals surface area contributed by atoms with E-state index in [1.807, 2.05) is 24.4 Å². The monoisotopic (exact) mass is 269 g/mol. The van der Waals surface area contributed by atoms with Gasteiger partial charge in [-0.25, -0.2) is 0 Å². The molecule has 106 valence electrons. The summed E-state index contributed by atoms with van der Waals surface area (Å²) in [7, 11) is 0. The highest BCUT2D eigenvalue weighted by atomic mass is 14.9. The second-order valence-electron chi connectivity index (χ2n) is 5.97. The first-order valence-corrected chi connectivity index (χ1v) is 7.65. The topological polar surface area (TPSA) is 50.9 Å². The van der Waals surface area contributed by atoms with Crippen LogP contribution in [0, 0.1) is 5.92 Å². The molecule has 3 heteroatoms. The lowest BCUT2D eigenvalue weighted by Gasteiger charge is -2.24. The summed E-state index contributed by atoms with van der Waals surface area (Å²) in [6.45, 7) is 2.36. The maximum atomic E-state index is 6.04. The number of aromatic nitrogens is 1. The van der Waals surface area contributed by atoms with Gasteiger partial charge in [0.05, 0.1) is 11.2 Å². The van der Waals surface area contributed by atoms with Gasteiger partial charge in [-0.3, -0.25) is 4.98 Å². The Labute approximate surface area is 120 Å². The number of nitrogen functional groups attached to an aromatic ring is 1. The van der Waals surface area contributed by atoms with Crippen LogP contribution < -0.4 is 11.1 Å². The van der Waals surface area contributed by atoms with Crippen molar-refractivity contribution in [3.05, 3.63) is 30.5 Å². The number of fused-ring (bicyclic) bond motifs is 1. The van der Waals surface area contributed by atoms with E-state index in [-0.39, 0.29) is 0 Å². The molecular formula is C17H23N3. The fraction of sp³-hybridized carbons (Fsp3) is 0.471. The molecule has 0 aliphatic heterocycles. The van der Waals surface area contributed by atoms with Crippen molar-refractivity contribution < 1.29 is 0 Å². The van der Waals surface area contributed by atoms with Crippen LogP contribution in [-0.2, 0) is 0 Å². The molecule has 1 aromatic heterocycles. The van der Waals surface area contributed by atoms with Crippen molar-refractivity contribution in [1.29, 1.82) is 0 Å². The summed E-state index contributed by atoms with van der Waals surface area (Å²) in [4.78, 5) is 4.51. The Morgan fingerprint density at radius 1 is 1.15 bits per heavy atom. The number of rotatable bonds is 2. The quantitative estimate of drug-likeness (QED) is 0.634. The van der Waals surface area contributed by atoms with Crippen molar-refractivity contribution >= 4 is 22.3 Å². The van der Waals surface area contributed by atoms with Gasteiger partial charge in [-0.15, -0.1) is 0 Å². The van der Waals surface area contributed by atoms with Gasteiger partial charge in [0, 0.05) is 23.3 Å². The van der Waals surface area contributed by atoms with Crippen LogP contribution in [0.1, 0.15) is 39.0 Å². The molecular weight excluding hydrogens is 246 g/mol. The Balaban J connectivity index is 1.92. The maximum Gasteiger partial charge on any atom is 0.0953 e. The van der Waals surface area contributed by atoms with Crippen molar-refractivity contribution in [3.8, 4) is 0 Å². The second-order valence-corrected chi connectivity index (χ2v) is 5.97. The average molecular weight is 269 g/mol. The van der Waals surface area contributed by atoms with Gasteiger partial charge in [-0.2, -0.15) is 0 Å². The minimum atomic E-state index is 0.548. The maximum absolute atomic E-state index is 6.04. The molecule has 0 saturated heterocycles. The van der Waals surface area contributed by atoms with E-state index in [0.29, 0.717) is 12.0 Å². The van der Waals surface area contributed by atoms with Crippen LogP contribution in [0.5, 0.6) is 0 Å². The molecule has 20 heavy (non-hydrogen) atoms. The summed E-state index contributed by atoms with van der Waals surface area (Å²) in [5.74, 6) is 0.716. The number of nitrogens with zero attached hydrogens (tertiary/aromatic N) is 1. The van der Waals surface area contributed by atoms with Crippen LogP contribution in [0.2, 0.25) is 0 Å². The largest absolute Gasteiger partial charge is 0.398 e. The molecule has 2 aromatic rings. The van der Waals surface area contributed by atoms with E-state index in [1.54, 1.807) is 0 Å². The first-order valence-electron chi connectivity index (χ1n) is 7.65. The van der Waals surface area contributed by atoms with Gasteiger partial charge in [-0.05, 0) is 43.0 Å². The van der Waals surface area contributed by atoms with Crippen LogP contribution in [-0.4, -0.2) is 11.0 Å². The first kappa shape index (κ1) is 13.2. The minimum absolute atomic E-state index is 0.548. The molecule has 3 nitrogen and oxygen atoms in total. The Kier molecular flexibility index (Phi) is 3.77. The first-order chi connectivity index (χ1) is 9.75. The van der Waals surface area contributed by atoms with Crippen LogP contribution in [0.15, 0.2) is 30.5 Å². The van der Waals surface area contributed by atoms with Gasteiger partial charge in [0.2, 0.25) is 0 Å². The second kappa shape index (κ2) is 5.70. The van der Waals surface area contributed by atoms with Crippen molar-refractivity contribution in [2.45, 2.75) is 45.1 Å². The van der Waals surface area contributed by atoms with Gasteiger partial charge < -0.3 is 11.1 Å². The Bertz CT molecular complexity index is 594. The molecule has 3 rings (SSSR count). The molecule has 0 amide bonds. The molecule has 0 bridgehead atoms. The Morgan fingerprint density at radius 2 is 2.00 bits per heavy atom. The third-order valence-electron chi connectivity index (χ3n) is 4.51. The van der Waals surface area contributed by atoms with Gasteiger partial charge >= 0.3 is 0 Å². The highest BCUT2D eigenvalue weighted by Gasteiger charge is 2.20. The fourth-order valence-corrected chi connectivity index (χ4v) is 3.22. The number of pyridine rings is 1. The van der Waals surface area contributed by atoms with Crippen LogP contribution in [0.3, 0.4) is 0 Å². The molecule has 1 aromatic carbocycles. The third kappa shape index (κ3) is 2.58. The molecule has 1 saturated carbocycles. The normalized spacial score (nSPS) is 23.4. The zero-order chi connectivity index (χ0) is 13.9. The molecule has 0 spiro atoms. The number of nitrogens with two attached hydrogens (primary N) is 1. The van der Waals surface area contributed by atoms with Crippen molar-refractivity contribution in [1.82, 2.24) is 4.98 Å². The highest BCUT2D eigenvalue weighted by molar-refractivity contribution is 5.98. The molecule has 1 aliphatic rings. The number of hydrogen-bond donors (Lipinski definition) is 2. The molecule has 1 aliphatic carbocycles. The smallest absolute Gasteiger partial charge is 0.0953 e. The minimum Gasteiger partial charge on any atom is -0.398 e. The Morgan fingerprint density at radius 3 is 2.90 bits per heavy atom. The van der Waals surface area contributed by atoms with E-state index >= 15 is 0 Å². The SMILES string of the molecule is CC1CCCCCC1Nc1ccc(N)c2cccnc12. The number of hydrogen-bond acceptors (Lipinski definition) is 3. The molecule has 1 fully saturated rings. The lowest BCUT2D eigenvalue weighted by atomic mass is 9.96. The van der Waals surface area contributed by atoms with Gasteiger partial charge in [0.1, 0.15) is 0 Å². The van der Waals surface area contributed by atoms with Crippen molar-refractivity contribution in [3.63, 3.8) is 0 Å². The zero-order valence-corrected chi connectivity index (χ0v) is 12.1. The average Bonchev–Trinajstić information content (AvgIpc) is 2.67. The summed E-state index contributed by atoms with van der Waals surface area (Å²) in [5.41, 5.74) is 8.95. The predicted octanol–water partition coefficient (Wildman–Crippen LogP) is 4.20. The number of nitrogens with one attached hydrogen (secondary N) is 1. The lowest BCUT2D eigenvalue weighted by molar-refractivity contribution is 0.457. The van der Waals surface area contributed by atoms with E-state index in [4.69, 9.17) is 5.73 Å². The van der Waals surface area contributed by atoms with E-state index in [1.165, 1.54) is 32.1 Å². The number of benzene rings is 1. The highest BCUT2D eigenvalue weighted by Crippen LogP contribution is 2.30. The fourth-order valence-electron chi connectivity index (χ4n) is 3.22. The van der Waals surface area contributed by atoms with E-state index in [9.17, 15) is 0 Å². The lowest BCUT2D eigenvalue weighted by Crippen LogP contribution is -2.26. The van der Waals surface area contributed by atoms with E-state index < -0.39 is 0 Å². The third-order valence-corrected chi connectivity index (χ3v) is 4.51. The van der Waals surface area contributed by atoms with Crippen molar-refractivity contribution in [2.75, 3.05) is 11.1 Å². The molecule has 1 heterocycles. The number of anilines is 2. The molecule has 0 radical (unpaired) electrons. The summed E-state index contributed by atoms with van der Waals surface area (Å²) < 4.78 is 0. The van der Waals surface area contributed by atoms with Gasteiger partial charge in [0.15, 0.2) is 0 Å². The van der Waals surface area contributed by atoms with Crippen LogP contribution in [0.4, 0.5) is 11.4 Å². The predicted molar refractivity (Wildman–Crippen MR) is 85.8 cm³/mol. The van der Waals surface area contributed by atoms with Crippen molar-refractivity contribution in [2.24, 2.45) is 5.92 Å². The zero-order valence-electron chi connectivity index (χ0n) is 12.1. The summed E-state index contributed by atoms with van der Waals surface area (Å²) >= 11 is 0. The van der Waals surface area contributed by atoms with E-state index in [2.05, 4.69) is 23.3 Å².